The summed E-state index contributed by atoms with van der Waals surface area (Å²) >= 11 is 0. The Kier molecular flexibility index (Phi) is 4.52. The van der Waals surface area contributed by atoms with Crippen LogP contribution in [0, 0.1) is 17.3 Å². The molecular weight excluding hydrogens is 336 g/mol. The summed E-state index contributed by atoms with van der Waals surface area (Å²) in [4.78, 5) is 15.2. The maximum Gasteiger partial charge on any atom is 0.220 e. The zero-order valence-corrected chi connectivity index (χ0v) is 16.3. The largest absolute Gasteiger partial charge is 0.379 e. The van der Waals surface area contributed by atoms with E-state index in [0.717, 1.165) is 57.6 Å². The molecule has 27 heavy (non-hydrogen) atoms. The standard InChI is InChI=1S/C23H32N2O2/c26-21(24-6-7-25-8-10-27-11-9-25)16-23-14-18-12-20(23)15-22(13-18,17-23)19-4-2-1-3-5-19/h1-5,18,20H,6-17H2,(H,24,26). The number of nitrogens with zero attached hydrogens (tertiary/aromatic N) is 1. The summed E-state index contributed by atoms with van der Waals surface area (Å²) in [5.41, 5.74) is 2.14. The van der Waals surface area contributed by atoms with Gasteiger partial charge in [-0.05, 0) is 60.3 Å². The van der Waals surface area contributed by atoms with Crippen molar-refractivity contribution >= 4 is 5.91 Å². The lowest BCUT2D eigenvalue weighted by molar-refractivity contribution is -0.124. The van der Waals surface area contributed by atoms with Gasteiger partial charge in [-0.2, -0.15) is 0 Å². The van der Waals surface area contributed by atoms with Crippen LogP contribution in [0.25, 0.3) is 0 Å². The number of ether oxygens (including phenoxy) is 1. The smallest absolute Gasteiger partial charge is 0.220 e. The van der Waals surface area contributed by atoms with Gasteiger partial charge in [0.25, 0.3) is 0 Å². The van der Waals surface area contributed by atoms with Crippen LogP contribution in [0.4, 0.5) is 0 Å². The Hall–Kier alpha value is -1.39. The molecule has 4 unspecified atom stereocenters. The van der Waals surface area contributed by atoms with Gasteiger partial charge in [-0.1, -0.05) is 30.3 Å². The van der Waals surface area contributed by atoms with E-state index in [1.807, 2.05) is 0 Å². The van der Waals surface area contributed by atoms with Crippen LogP contribution in [0.15, 0.2) is 30.3 Å². The summed E-state index contributed by atoms with van der Waals surface area (Å²) in [7, 11) is 0. The van der Waals surface area contributed by atoms with Crippen LogP contribution in [0.5, 0.6) is 0 Å². The average molecular weight is 369 g/mol. The van der Waals surface area contributed by atoms with Crippen molar-refractivity contribution in [3.8, 4) is 0 Å². The Balaban J connectivity index is 1.21. The first kappa shape index (κ1) is 17.7. The first-order valence-electron chi connectivity index (χ1n) is 10.8. The van der Waals surface area contributed by atoms with Crippen LogP contribution >= 0.6 is 0 Å². The predicted molar refractivity (Wildman–Crippen MR) is 106 cm³/mol. The minimum absolute atomic E-state index is 0.266. The van der Waals surface area contributed by atoms with Crippen LogP contribution < -0.4 is 5.32 Å². The zero-order chi connectivity index (χ0) is 18.3. The summed E-state index contributed by atoms with van der Waals surface area (Å²) in [5.74, 6) is 1.86. The van der Waals surface area contributed by atoms with Gasteiger partial charge in [0.15, 0.2) is 0 Å². The number of carbonyl (C=O) groups is 1. The van der Waals surface area contributed by atoms with Crippen molar-refractivity contribution in [2.75, 3.05) is 39.4 Å². The van der Waals surface area contributed by atoms with Gasteiger partial charge in [-0.15, -0.1) is 0 Å². The molecule has 4 saturated carbocycles. The maximum absolute atomic E-state index is 12.8. The molecule has 1 saturated heterocycles. The molecular formula is C23H32N2O2. The van der Waals surface area contributed by atoms with E-state index in [1.54, 1.807) is 0 Å². The molecule has 1 aromatic carbocycles. The molecule has 1 heterocycles. The lowest BCUT2D eigenvalue weighted by Crippen LogP contribution is -2.42. The molecule has 4 heteroatoms. The summed E-state index contributed by atoms with van der Waals surface area (Å²) in [6.45, 7) is 5.34. The minimum atomic E-state index is 0.266. The van der Waals surface area contributed by atoms with Gasteiger partial charge in [-0.3, -0.25) is 9.69 Å². The molecule has 1 aliphatic heterocycles. The minimum Gasteiger partial charge on any atom is -0.379 e. The van der Waals surface area contributed by atoms with Crippen LogP contribution in [0.1, 0.15) is 44.1 Å². The van der Waals surface area contributed by atoms with Crippen LogP contribution in [-0.4, -0.2) is 50.2 Å². The average Bonchev–Trinajstić information content (AvgIpc) is 3.05. The fourth-order valence-corrected chi connectivity index (χ4v) is 7.04. The van der Waals surface area contributed by atoms with Gasteiger partial charge in [-0.25, -0.2) is 0 Å². The van der Waals surface area contributed by atoms with E-state index in [4.69, 9.17) is 4.74 Å². The first-order valence-corrected chi connectivity index (χ1v) is 10.8. The Morgan fingerprint density at radius 3 is 2.78 bits per heavy atom. The number of rotatable bonds is 6. The van der Waals surface area contributed by atoms with Gasteiger partial charge < -0.3 is 10.1 Å². The number of morpholine rings is 1. The topological polar surface area (TPSA) is 41.6 Å². The second-order valence-electron chi connectivity index (χ2n) is 9.58. The normalized spacial score (nSPS) is 37.6. The van der Waals surface area contributed by atoms with E-state index >= 15 is 0 Å². The van der Waals surface area contributed by atoms with Gasteiger partial charge in [0, 0.05) is 32.6 Å². The molecule has 0 radical (unpaired) electrons. The van der Waals surface area contributed by atoms with E-state index in [0.29, 0.717) is 5.41 Å². The summed E-state index contributed by atoms with van der Waals surface area (Å²) < 4.78 is 5.39. The van der Waals surface area contributed by atoms with Crippen molar-refractivity contribution in [1.29, 1.82) is 0 Å². The van der Waals surface area contributed by atoms with E-state index < -0.39 is 0 Å². The fraction of sp³-hybridized carbons (Fsp3) is 0.696. The van der Waals surface area contributed by atoms with E-state index in [9.17, 15) is 4.79 Å². The Bertz CT molecular complexity index is 687. The highest BCUT2D eigenvalue weighted by atomic mass is 16.5. The van der Waals surface area contributed by atoms with Gasteiger partial charge in [0.05, 0.1) is 13.2 Å². The van der Waals surface area contributed by atoms with Gasteiger partial charge in [0.1, 0.15) is 0 Å². The molecule has 146 valence electrons. The van der Waals surface area contributed by atoms with Crippen LogP contribution in [-0.2, 0) is 14.9 Å². The highest BCUT2D eigenvalue weighted by molar-refractivity contribution is 5.77. The maximum atomic E-state index is 12.8. The summed E-state index contributed by atoms with van der Waals surface area (Å²) in [6, 6.07) is 11.1. The SMILES string of the molecule is O=C(CC12CC3CC1CC(c1ccccc1)(C3)C2)NCCN1CCOCC1. The Morgan fingerprint density at radius 2 is 1.96 bits per heavy atom. The van der Waals surface area contributed by atoms with Crippen LogP contribution in [0.2, 0.25) is 0 Å². The monoisotopic (exact) mass is 368 g/mol. The van der Waals surface area contributed by atoms with E-state index in [-0.39, 0.29) is 11.3 Å². The first-order chi connectivity index (χ1) is 13.2. The van der Waals surface area contributed by atoms with Crippen molar-refractivity contribution < 1.29 is 9.53 Å². The Morgan fingerprint density at radius 1 is 1.15 bits per heavy atom. The van der Waals surface area contributed by atoms with Crippen molar-refractivity contribution in [1.82, 2.24) is 10.2 Å². The van der Waals surface area contributed by atoms with Crippen molar-refractivity contribution in [3.63, 3.8) is 0 Å². The van der Waals surface area contributed by atoms with Gasteiger partial charge >= 0.3 is 0 Å². The van der Waals surface area contributed by atoms with E-state index in [1.165, 1.54) is 37.7 Å². The quantitative estimate of drug-likeness (QED) is 0.839. The van der Waals surface area contributed by atoms with Crippen molar-refractivity contribution in [3.05, 3.63) is 35.9 Å². The lowest BCUT2D eigenvalue weighted by atomic mass is 9.63. The van der Waals surface area contributed by atoms with Crippen LogP contribution in [0.3, 0.4) is 0 Å². The fourth-order valence-electron chi connectivity index (χ4n) is 7.04. The third-order valence-corrected chi connectivity index (χ3v) is 7.94. The third kappa shape index (κ3) is 3.21. The van der Waals surface area contributed by atoms with Crippen molar-refractivity contribution in [2.45, 2.75) is 43.9 Å². The Labute approximate surface area is 162 Å². The molecule has 6 rings (SSSR count). The van der Waals surface area contributed by atoms with E-state index in [2.05, 4.69) is 40.5 Å². The number of hydrogen-bond acceptors (Lipinski definition) is 3. The third-order valence-electron chi connectivity index (χ3n) is 7.94. The number of hydrogen-bond donors (Lipinski definition) is 1. The zero-order valence-electron chi connectivity index (χ0n) is 16.3. The lowest BCUT2D eigenvalue weighted by Gasteiger charge is -2.41. The second-order valence-corrected chi connectivity index (χ2v) is 9.58. The van der Waals surface area contributed by atoms with Gasteiger partial charge in [0.2, 0.25) is 5.91 Å². The summed E-state index contributed by atoms with van der Waals surface area (Å²) in [6.07, 6.45) is 7.25. The molecule has 4 bridgehead atoms. The molecule has 5 fully saturated rings. The molecule has 4 aliphatic carbocycles. The molecule has 4 nitrogen and oxygen atoms in total. The molecule has 1 aromatic rings. The molecule has 1 amide bonds. The predicted octanol–water partition coefficient (Wildman–Crippen LogP) is 2.97. The molecule has 0 spiro atoms. The highest BCUT2D eigenvalue weighted by Crippen LogP contribution is 2.71. The summed E-state index contributed by atoms with van der Waals surface area (Å²) in [5, 5.41) is 3.22. The molecule has 0 aromatic heterocycles. The number of amides is 1. The molecule has 1 N–H and O–H groups in total. The number of carbonyl (C=O) groups excluding carboxylic acids is 1. The molecule has 5 aliphatic rings. The molecule has 4 atom stereocenters. The van der Waals surface area contributed by atoms with Crippen molar-refractivity contribution in [2.24, 2.45) is 17.3 Å². The number of nitrogens with one attached hydrogen (secondary N) is 1. The second kappa shape index (κ2) is 6.89. The highest BCUT2D eigenvalue weighted by Gasteiger charge is 2.64. The number of benzene rings is 1.